The summed E-state index contributed by atoms with van der Waals surface area (Å²) >= 11 is 0. The van der Waals surface area contributed by atoms with Gasteiger partial charge in [-0.15, -0.1) is 0 Å². The van der Waals surface area contributed by atoms with E-state index < -0.39 is 25.1 Å². The van der Waals surface area contributed by atoms with Crippen LogP contribution in [0, 0.1) is 0 Å². The van der Waals surface area contributed by atoms with Crippen molar-refractivity contribution in [2.24, 2.45) is 0 Å². The maximum atomic E-state index is 12.1. The molecule has 1 aromatic rings. The predicted molar refractivity (Wildman–Crippen MR) is 78.0 cm³/mol. The number of anilines is 1. The second-order valence-corrected chi connectivity index (χ2v) is 8.93. The highest BCUT2D eigenvalue weighted by molar-refractivity contribution is 7.92. The van der Waals surface area contributed by atoms with Crippen molar-refractivity contribution in [3.05, 3.63) is 24.3 Å². The quantitative estimate of drug-likeness (QED) is 0.828. The fourth-order valence-electron chi connectivity index (χ4n) is 2.17. The van der Waals surface area contributed by atoms with E-state index in [1.165, 1.54) is 12.1 Å². The minimum atomic E-state index is -3.67. The van der Waals surface area contributed by atoms with Gasteiger partial charge in [0.05, 0.1) is 15.9 Å². The van der Waals surface area contributed by atoms with Gasteiger partial charge in [-0.25, -0.2) is 21.6 Å². The van der Waals surface area contributed by atoms with Gasteiger partial charge < -0.3 is 5.32 Å². The molecule has 0 saturated carbocycles. The lowest BCUT2D eigenvalue weighted by atomic mass is 10.2. The second-order valence-electron chi connectivity index (χ2n) is 4.76. The first-order valence-corrected chi connectivity index (χ1v) is 9.54. The van der Waals surface area contributed by atoms with Crippen LogP contribution in [0.25, 0.3) is 0 Å². The topological polar surface area (TPSA) is 92.3 Å². The number of sulfone groups is 1. The van der Waals surface area contributed by atoms with Crippen molar-refractivity contribution in [2.45, 2.75) is 23.0 Å². The van der Waals surface area contributed by atoms with Crippen LogP contribution in [0.15, 0.2) is 29.2 Å². The Morgan fingerprint density at radius 1 is 1.25 bits per heavy atom. The summed E-state index contributed by atoms with van der Waals surface area (Å²) in [6.45, 7) is -0.0571. The van der Waals surface area contributed by atoms with Crippen LogP contribution in [0.1, 0.15) is 12.8 Å². The zero-order valence-electron chi connectivity index (χ0n) is 11.2. The van der Waals surface area contributed by atoms with E-state index in [9.17, 15) is 16.8 Å². The van der Waals surface area contributed by atoms with E-state index >= 15 is 0 Å². The highest BCUT2D eigenvalue weighted by Gasteiger charge is 2.32. The van der Waals surface area contributed by atoms with Crippen molar-refractivity contribution in [2.75, 3.05) is 24.7 Å². The molecule has 20 heavy (non-hydrogen) atoms. The lowest BCUT2D eigenvalue weighted by Crippen LogP contribution is -2.34. The van der Waals surface area contributed by atoms with Crippen LogP contribution in [0.5, 0.6) is 0 Å². The first-order valence-electron chi connectivity index (χ1n) is 6.34. The molecule has 1 aliphatic rings. The molecular weight excluding hydrogens is 300 g/mol. The second kappa shape index (κ2) is 5.71. The zero-order valence-corrected chi connectivity index (χ0v) is 12.8. The van der Waals surface area contributed by atoms with Crippen molar-refractivity contribution in [1.29, 1.82) is 0 Å². The van der Waals surface area contributed by atoms with E-state index in [0.29, 0.717) is 12.8 Å². The highest BCUT2D eigenvalue weighted by atomic mass is 32.2. The molecule has 1 aliphatic heterocycles. The van der Waals surface area contributed by atoms with Crippen molar-refractivity contribution in [1.82, 2.24) is 4.72 Å². The molecule has 1 heterocycles. The van der Waals surface area contributed by atoms with Gasteiger partial charge in [0, 0.05) is 19.3 Å². The number of hydrogen-bond donors (Lipinski definition) is 2. The van der Waals surface area contributed by atoms with E-state index in [-0.39, 0.29) is 17.2 Å². The van der Waals surface area contributed by atoms with Crippen LogP contribution in [0.3, 0.4) is 0 Å². The maximum Gasteiger partial charge on any atom is 0.240 e. The SMILES string of the molecule is CNc1ccc(S(=O)(=O)NCC2CCCS2(=O)=O)cc1. The molecule has 1 atom stereocenters. The largest absolute Gasteiger partial charge is 0.388 e. The molecule has 1 saturated heterocycles. The van der Waals surface area contributed by atoms with Crippen molar-refractivity contribution >= 4 is 25.5 Å². The lowest BCUT2D eigenvalue weighted by Gasteiger charge is -2.11. The summed E-state index contributed by atoms with van der Waals surface area (Å²) in [7, 11) is -5.06. The Balaban J connectivity index is 2.07. The minimum absolute atomic E-state index is 0.0571. The van der Waals surface area contributed by atoms with Crippen LogP contribution < -0.4 is 10.0 Å². The van der Waals surface area contributed by atoms with Crippen LogP contribution in [0.2, 0.25) is 0 Å². The third kappa shape index (κ3) is 3.31. The Kier molecular flexibility index (Phi) is 4.36. The summed E-state index contributed by atoms with van der Waals surface area (Å²) in [4.78, 5) is 0.131. The van der Waals surface area contributed by atoms with E-state index in [0.717, 1.165) is 5.69 Å². The summed E-state index contributed by atoms with van der Waals surface area (Å²) in [5.41, 5.74) is 0.808. The predicted octanol–water partition coefficient (Wildman–Crippen LogP) is 0.584. The van der Waals surface area contributed by atoms with Crippen molar-refractivity contribution in [3.8, 4) is 0 Å². The highest BCUT2D eigenvalue weighted by Crippen LogP contribution is 2.20. The van der Waals surface area contributed by atoms with Crippen molar-refractivity contribution in [3.63, 3.8) is 0 Å². The van der Waals surface area contributed by atoms with E-state index in [4.69, 9.17) is 0 Å². The summed E-state index contributed by atoms with van der Waals surface area (Å²) in [6, 6.07) is 6.27. The fraction of sp³-hybridized carbons (Fsp3) is 0.500. The minimum Gasteiger partial charge on any atom is -0.388 e. The average molecular weight is 318 g/mol. The molecule has 1 unspecified atom stereocenters. The molecule has 2 rings (SSSR count). The number of hydrogen-bond acceptors (Lipinski definition) is 5. The van der Waals surface area contributed by atoms with Crippen molar-refractivity contribution < 1.29 is 16.8 Å². The van der Waals surface area contributed by atoms with Crippen LogP contribution in [-0.2, 0) is 19.9 Å². The monoisotopic (exact) mass is 318 g/mol. The third-order valence-electron chi connectivity index (χ3n) is 3.42. The summed E-state index contributed by atoms with van der Waals surface area (Å²) in [6.07, 6.45) is 1.12. The number of sulfonamides is 1. The molecule has 1 aromatic carbocycles. The average Bonchev–Trinajstić information content (AvgIpc) is 2.75. The molecule has 0 aromatic heterocycles. The van der Waals surface area contributed by atoms with Gasteiger partial charge in [-0.1, -0.05) is 0 Å². The molecule has 2 N–H and O–H groups in total. The molecule has 0 amide bonds. The molecule has 0 radical (unpaired) electrons. The molecule has 0 spiro atoms. The van der Waals surface area contributed by atoms with E-state index in [1.807, 2.05) is 0 Å². The van der Waals surface area contributed by atoms with Gasteiger partial charge in [0.1, 0.15) is 0 Å². The molecule has 1 fully saturated rings. The first kappa shape index (κ1) is 15.3. The van der Waals surface area contributed by atoms with Gasteiger partial charge in [0.25, 0.3) is 0 Å². The molecule has 0 bridgehead atoms. The summed E-state index contributed by atoms with van der Waals surface area (Å²) in [5, 5.41) is 2.30. The van der Waals surface area contributed by atoms with Crippen LogP contribution in [0.4, 0.5) is 5.69 Å². The Labute approximate surface area is 119 Å². The molecule has 0 aliphatic carbocycles. The van der Waals surface area contributed by atoms with Gasteiger partial charge in [-0.2, -0.15) is 0 Å². The van der Waals surface area contributed by atoms with E-state index in [1.54, 1.807) is 19.2 Å². The van der Waals surface area contributed by atoms with Crippen LogP contribution in [-0.4, -0.2) is 41.4 Å². The van der Waals surface area contributed by atoms with Gasteiger partial charge in [0.2, 0.25) is 10.0 Å². The van der Waals surface area contributed by atoms with Crippen LogP contribution >= 0.6 is 0 Å². The van der Waals surface area contributed by atoms with Gasteiger partial charge >= 0.3 is 0 Å². The summed E-state index contributed by atoms with van der Waals surface area (Å²) in [5.74, 6) is 0.149. The van der Waals surface area contributed by atoms with Gasteiger partial charge in [-0.05, 0) is 37.1 Å². The zero-order chi connectivity index (χ0) is 14.8. The number of nitrogens with one attached hydrogen (secondary N) is 2. The standard InChI is InChI=1S/C12H18N2O4S2/c1-13-10-4-6-11(7-5-10)20(17,18)14-9-12-3-2-8-19(12,15)16/h4-7,12-14H,2-3,8-9H2,1H3. The lowest BCUT2D eigenvalue weighted by molar-refractivity contribution is 0.571. The third-order valence-corrected chi connectivity index (χ3v) is 7.13. The molecule has 6 nitrogen and oxygen atoms in total. The normalized spacial score (nSPS) is 21.8. The number of benzene rings is 1. The first-order chi connectivity index (χ1) is 9.35. The maximum absolute atomic E-state index is 12.1. The molecular formula is C12H18N2O4S2. The Hall–Kier alpha value is -1.12. The van der Waals surface area contributed by atoms with Gasteiger partial charge in [0.15, 0.2) is 9.84 Å². The fourth-order valence-corrected chi connectivity index (χ4v) is 5.13. The number of rotatable bonds is 5. The summed E-state index contributed by atoms with van der Waals surface area (Å²) < 4.78 is 49.8. The smallest absolute Gasteiger partial charge is 0.240 e. The molecule has 8 heteroatoms. The van der Waals surface area contributed by atoms with Gasteiger partial charge in [-0.3, -0.25) is 0 Å². The van der Waals surface area contributed by atoms with E-state index in [2.05, 4.69) is 10.0 Å². The Bertz CT molecular complexity index is 666. The Morgan fingerprint density at radius 3 is 2.40 bits per heavy atom. The Morgan fingerprint density at radius 2 is 1.90 bits per heavy atom. The molecule has 112 valence electrons.